The SMILES string of the molecule is CCOc1cccc(NC(=O)c2ccc(NS(=O)(=O)c3ccc(C)cc3)c(C)c2)c1. The normalized spacial score (nSPS) is 11.0. The van der Waals surface area contributed by atoms with Crippen molar-refractivity contribution in [3.8, 4) is 5.75 Å². The number of rotatable bonds is 7. The first-order valence-corrected chi connectivity index (χ1v) is 11.0. The summed E-state index contributed by atoms with van der Waals surface area (Å²) in [4.78, 5) is 12.8. The van der Waals surface area contributed by atoms with Crippen molar-refractivity contribution in [2.45, 2.75) is 25.7 Å². The van der Waals surface area contributed by atoms with Gasteiger partial charge in [0, 0.05) is 17.3 Å². The molecule has 0 bridgehead atoms. The van der Waals surface area contributed by atoms with E-state index in [1.165, 1.54) is 0 Å². The topological polar surface area (TPSA) is 84.5 Å². The van der Waals surface area contributed by atoms with Crippen LogP contribution < -0.4 is 14.8 Å². The van der Waals surface area contributed by atoms with Crippen LogP contribution >= 0.6 is 0 Å². The first-order valence-electron chi connectivity index (χ1n) is 9.53. The van der Waals surface area contributed by atoms with Crippen LogP contribution in [0.5, 0.6) is 5.75 Å². The minimum atomic E-state index is -3.71. The van der Waals surface area contributed by atoms with Gasteiger partial charge in [0.25, 0.3) is 15.9 Å². The Morgan fingerprint density at radius 1 is 0.967 bits per heavy atom. The highest BCUT2D eigenvalue weighted by Gasteiger charge is 2.16. The maximum absolute atomic E-state index is 12.6. The number of benzene rings is 3. The Kier molecular flexibility index (Phi) is 6.42. The predicted octanol–water partition coefficient (Wildman–Crippen LogP) is 4.76. The Hall–Kier alpha value is -3.32. The molecule has 156 valence electrons. The molecule has 0 atom stereocenters. The van der Waals surface area contributed by atoms with Gasteiger partial charge in [-0.2, -0.15) is 0 Å². The molecule has 0 aromatic heterocycles. The Bertz CT molecular complexity index is 1160. The summed E-state index contributed by atoms with van der Waals surface area (Å²) in [7, 11) is -3.71. The van der Waals surface area contributed by atoms with Crippen LogP contribution in [0.2, 0.25) is 0 Å². The van der Waals surface area contributed by atoms with Gasteiger partial charge in [-0.1, -0.05) is 23.8 Å². The number of hydrogen-bond donors (Lipinski definition) is 2. The average Bonchev–Trinajstić information content (AvgIpc) is 2.70. The van der Waals surface area contributed by atoms with Gasteiger partial charge >= 0.3 is 0 Å². The van der Waals surface area contributed by atoms with Crippen LogP contribution in [0.3, 0.4) is 0 Å². The molecule has 3 aromatic carbocycles. The lowest BCUT2D eigenvalue weighted by Gasteiger charge is -2.13. The second-order valence-electron chi connectivity index (χ2n) is 6.86. The minimum Gasteiger partial charge on any atom is -0.494 e. The van der Waals surface area contributed by atoms with E-state index in [2.05, 4.69) is 10.0 Å². The van der Waals surface area contributed by atoms with Crippen LogP contribution in [0.4, 0.5) is 11.4 Å². The summed E-state index contributed by atoms with van der Waals surface area (Å²) >= 11 is 0. The maximum atomic E-state index is 12.6. The number of ether oxygens (including phenoxy) is 1. The lowest BCUT2D eigenvalue weighted by Crippen LogP contribution is -2.15. The second-order valence-corrected chi connectivity index (χ2v) is 8.55. The van der Waals surface area contributed by atoms with Gasteiger partial charge in [-0.15, -0.1) is 0 Å². The third kappa shape index (κ3) is 5.18. The number of carbonyl (C=O) groups is 1. The highest BCUT2D eigenvalue weighted by atomic mass is 32.2. The van der Waals surface area contributed by atoms with Gasteiger partial charge in [-0.05, 0) is 68.8 Å². The van der Waals surface area contributed by atoms with Crippen molar-refractivity contribution in [2.24, 2.45) is 0 Å². The number of amides is 1. The van der Waals surface area contributed by atoms with Gasteiger partial charge in [-0.3, -0.25) is 9.52 Å². The van der Waals surface area contributed by atoms with E-state index in [1.807, 2.05) is 19.9 Å². The molecule has 0 saturated heterocycles. The molecular weight excluding hydrogens is 400 g/mol. The van der Waals surface area contributed by atoms with Crippen molar-refractivity contribution in [1.82, 2.24) is 0 Å². The van der Waals surface area contributed by atoms with Gasteiger partial charge in [0.15, 0.2) is 0 Å². The zero-order valence-electron chi connectivity index (χ0n) is 17.1. The molecule has 0 aliphatic carbocycles. The zero-order valence-corrected chi connectivity index (χ0v) is 17.9. The number of nitrogens with one attached hydrogen (secondary N) is 2. The fourth-order valence-electron chi connectivity index (χ4n) is 2.87. The number of sulfonamides is 1. The first-order chi connectivity index (χ1) is 14.3. The molecule has 1 amide bonds. The second kappa shape index (κ2) is 9.00. The highest BCUT2D eigenvalue weighted by molar-refractivity contribution is 7.92. The van der Waals surface area contributed by atoms with E-state index in [1.54, 1.807) is 67.6 Å². The molecule has 0 heterocycles. The summed E-state index contributed by atoms with van der Waals surface area (Å²) in [5.41, 5.74) is 3.08. The monoisotopic (exact) mass is 424 g/mol. The number of carbonyl (C=O) groups excluding carboxylic acids is 1. The van der Waals surface area contributed by atoms with E-state index in [0.29, 0.717) is 34.9 Å². The van der Waals surface area contributed by atoms with Crippen LogP contribution in [0.15, 0.2) is 71.6 Å². The molecule has 3 aromatic rings. The predicted molar refractivity (Wildman–Crippen MR) is 119 cm³/mol. The summed E-state index contributed by atoms with van der Waals surface area (Å²) in [5, 5.41) is 2.83. The van der Waals surface area contributed by atoms with Gasteiger partial charge in [0.1, 0.15) is 5.75 Å². The molecule has 7 heteroatoms. The van der Waals surface area contributed by atoms with Crippen LogP contribution in [0, 0.1) is 13.8 Å². The largest absolute Gasteiger partial charge is 0.494 e. The van der Waals surface area contributed by atoms with E-state index < -0.39 is 10.0 Å². The highest BCUT2D eigenvalue weighted by Crippen LogP contribution is 2.23. The third-order valence-corrected chi connectivity index (χ3v) is 5.85. The quantitative estimate of drug-likeness (QED) is 0.573. The number of anilines is 2. The molecule has 2 N–H and O–H groups in total. The van der Waals surface area contributed by atoms with E-state index in [9.17, 15) is 13.2 Å². The molecule has 30 heavy (non-hydrogen) atoms. The van der Waals surface area contributed by atoms with Crippen molar-refractivity contribution >= 4 is 27.3 Å². The van der Waals surface area contributed by atoms with Crippen LogP contribution in [-0.2, 0) is 10.0 Å². The van der Waals surface area contributed by atoms with Gasteiger partial charge in [0.2, 0.25) is 0 Å². The molecule has 0 fully saturated rings. The number of hydrogen-bond acceptors (Lipinski definition) is 4. The summed E-state index contributed by atoms with van der Waals surface area (Å²) < 4.78 is 33.2. The Morgan fingerprint density at radius 3 is 2.37 bits per heavy atom. The fraction of sp³-hybridized carbons (Fsp3) is 0.174. The van der Waals surface area contributed by atoms with Gasteiger partial charge in [0.05, 0.1) is 17.2 Å². The lowest BCUT2D eigenvalue weighted by atomic mass is 10.1. The molecule has 0 saturated carbocycles. The van der Waals surface area contributed by atoms with E-state index in [-0.39, 0.29) is 10.8 Å². The third-order valence-electron chi connectivity index (χ3n) is 4.47. The van der Waals surface area contributed by atoms with Gasteiger partial charge in [-0.25, -0.2) is 8.42 Å². The van der Waals surface area contributed by atoms with Crippen molar-refractivity contribution in [3.05, 3.63) is 83.4 Å². The maximum Gasteiger partial charge on any atom is 0.261 e. The molecule has 6 nitrogen and oxygen atoms in total. The molecule has 0 aliphatic heterocycles. The van der Waals surface area contributed by atoms with Crippen LogP contribution in [0.25, 0.3) is 0 Å². The molecule has 0 spiro atoms. The number of aryl methyl sites for hydroxylation is 2. The van der Waals surface area contributed by atoms with Crippen molar-refractivity contribution in [1.29, 1.82) is 0 Å². The molecular formula is C23H24N2O4S. The molecule has 3 rings (SSSR count). The van der Waals surface area contributed by atoms with Crippen molar-refractivity contribution in [2.75, 3.05) is 16.6 Å². The average molecular weight is 425 g/mol. The van der Waals surface area contributed by atoms with E-state index >= 15 is 0 Å². The standard InChI is InChI=1S/C23H24N2O4S/c1-4-29-20-7-5-6-19(15-20)24-23(26)18-10-13-22(17(3)14-18)25-30(27,28)21-11-8-16(2)9-12-21/h5-15,25H,4H2,1-3H3,(H,24,26). The summed E-state index contributed by atoms with van der Waals surface area (Å²) in [6.45, 7) is 6.07. The summed E-state index contributed by atoms with van der Waals surface area (Å²) in [6.07, 6.45) is 0. The molecule has 0 unspecified atom stereocenters. The Balaban J connectivity index is 1.75. The lowest BCUT2D eigenvalue weighted by molar-refractivity contribution is 0.102. The Morgan fingerprint density at radius 2 is 1.70 bits per heavy atom. The fourth-order valence-corrected chi connectivity index (χ4v) is 4.00. The van der Waals surface area contributed by atoms with Crippen molar-refractivity contribution < 1.29 is 17.9 Å². The van der Waals surface area contributed by atoms with Crippen LogP contribution in [0.1, 0.15) is 28.4 Å². The Labute approximate surface area is 177 Å². The van der Waals surface area contributed by atoms with Crippen LogP contribution in [-0.4, -0.2) is 20.9 Å². The van der Waals surface area contributed by atoms with Gasteiger partial charge < -0.3 is 10.1 Å². The minimum absolute atomic E-state index is 0.184. The van der Waals surface area contributed by atoms with E-state index in [0.717, 1.165) is 5.56 Å². The zero-order chi connectivity index (χ0) is 21.7. The smallest absolute Gasteiger partial charge is 0.261 e. The summed E-state index contributed by atoms with van der Waals surface area (Å²) in [5.74, 6) is 0.382. The molecule has 0 aliphatic rings. The first kappa shape index (κ1) is 21.4. The molecule has 0 radical (unpaired) electrons. The summed E-state index contributed by atoms with van der Waals surface area (Å²) in [6, 6.07) is 18.6. The van der Waals surface area contributed by atoms with E-state index in [4.69, 9.17) is 4.74 Å². The van der Waals surface area contributed by atoms with Crippen molar-refractivity contribution in [3.63, 3.8) is 0 Å².